The van der Waals surface area contributed by atoms with E-state index >= 15 is 0 Å². The lowest BCUT2D eigenvalue weighted by molar-refractivity contribution is 0.0940. The summed E-state index contributed by atoms with van der Waals surface area (Å²) in [5.41, 5.74) is 1.52. The molecule has 0 saturated heterocycles. The van der Waals surface area contributed by atoms with Crippen molar-refractivity contribution in [3.8, 4) is 0 Å². The van der Waals surface area contributed by atoms with Crippen LogP contribution in [0.4, 0.5) is 5.69 Å². The fourth-order valence-corrected chi connectivity index (χ4v) is 5.15. The fraction of sp³-hybridized carbons (Fsp3) is 0.105. The van der Waals surface area contributed by atoms with Crippen LogP contribution in [-0.4, -0.2) is 14.3 Å². The second-order valence-corrected chi connectivity index (χ2v) is 9.68. The highest BCUT2D eigenvalue weighted by atomic mass is 35.5. The highest BCUT2D eigenvalue weighted by Gasteiger charge is 2.17. The number of thiophene rings is 1. The molecule has 0 bridgehead atoms. The van der Waals surface area contributed by atoms with Crippen molar-refractivity contribution in [2.75, 3.05) is 4.72 Å². The van der Waals surface area contributed by atoms with Gasteiger partial charge in [-0.1, -0.05) is 35.3 Å². The molecule has 3 rings (SSSR count). The van der Waals surface area contributed by atoms with E-state index in [2.05, 4.69) is 10.0 Å². The number of sulfonamides is 1. The Kier molecular flexibility index (Phi) is 6.30. The average molecular weight is 455 g/mol. The van der Waals surface area contributed by atoms with E-state index in [0.29, 0.717) is 21.3 Å². The zero-order valence-electron chi connectivity index (χ0n) is 14.6. The molecule has 0 saturated carbocycles. The summed E-state index contributed by atoms with van der Waals surface area (Å²) in [7, 11) is -3.62. The summed E-state index contributed by atoms with van der Waals surface area (Å²) in [6.45, 7) is 1.82. The summed E-state index contributed by atoms with van der Waals surface area (Å²) >= 11 is 13.2. The smallest absolute Gasteiger partial charge is 0.271 e. The van der Waals surface area contributed by atoms with Gasteiger partial charge in [-0.15, -0.1) is 11.3 Å². The molecule has 0 aliphatic carbocycles. The second-order valence-electron chi connectivity index (χ2n) is 5.98. The van der Waals surface area contributed by atoms with Crippen LogP contribution in [-0.2, 0) is 10.0 Å². The number of anilines is 1. The molecule has 0 fully saturated rings. The van der Waals surface area contributed by atoms with Crippen molar-refractivity contribution in [1.82, 2.24) is 5.32 Å². The van der Waals surface area contributed by atoms with Crippen molar-refractivity contribution < 1.29 is 13.2 Å². The quantitative estimate of drug-likeness (QED) is 0.527. The van der Waals surface area contributed by atoms with Crippen LogP contribution in [0.25, 0.3) is 0 Å². The van der Waals surface area contributed by atoms with Crippen LogP contribution >= 0.6 is 34.5 Å². The summed E-state index contributed by atoms with van der Waals surface area (Å²) in [5, 5.41) is 5.54. The minimum absolute atomic E-state index is 0.225. The molecular formula is C19H16Cl2N2O3S2. The van der Waals surface area contributed by atoms with Crippen molar-refractivity contribution in [3.63, 3.8) is 0 Å². The van der Waals surface area contributed by atoms with Crippen LogP contribution in [0, 0.1) is 0 Å². The van der Waals surface area contributed by atoms with Crippen molar-refractivity contribution in [2.45, 2.75) is 17.2 Å². The highest BCUT2D eigenvalue weighted by Crippen LogP contribution is 2.26. The topological polar surface area (TPSA) is 75.3 Å². The fourth-order valence-electron chi connectivity index (χ4n) is 2.52. The zero-order chi connectivity index (χ0) is 20.3. The normalized spacial score (nSPS) is 12.4. The van der Waals surface area contributed by atoms with E-state index in [0.717, 1.165) is 16.9 Å². The molecule has 1 amide bonds. The molecule has 1 heterocycles. The number of carbonyl (C=O) groups is 1. The maximum absolute atomic E-state index is 12.5. The van der Waals surface area contributed by atoms with Crippen molar-refractivity contribution in [3.05, 3.63) is 81.1 Å². The maximum Gasteiger partial charge on any atom is 0.271 e. The van der Waals surface area contributed by atoms with Gasteiger partial charge in [0.05, 0.1) is 6.04 Å². The van der Waals surface area contributed by atoms with Gasteiger partial charge in [0.15, 0.2) is 0 Å². The number of hydrogen-bond acceptors (Lipinski definition) is 4. The molecule has 0 aliphatic rings. The first-order valence-electron chi connectivity index (χ1n) is 8.18. The van der Waals surface area contributed by atoms with Crippen LogP contribution in [0.1, 0.15) is 28.9 Å². The minimum atomic E-state index is -3.62. The Labute approximate surface area is 177 Å². The standard InChI is InChI=1S/C19H16Cl2N2O3S2/c1-12(16-9-6-14(20)11-17(16)21)22-19(24)13-4-7-15(8-5-13)23-28(25,26)18-3-2-10-27-18/h2-12,23H,1H3,(H,22,24). The van der Waals surface area contributed by atoms with Crippen molar-refractivity contribution in [1.29, 1.82) is 0 Å². The van der Waals surface area contributed by atoms with Crippen LogP contribution in [0.3, 0.4) is 0 Å². The third kappa shape index (κ3) is 4.86. The largest absolute Gasteiger partial charge is 0.345 e. The first-order chi connectivity index (χ1) is 13.3. The average Bonchev–Trinajstić information content (AvgIpc) is 3.17. The summed E-state index contributed by atoms with van der Waals surface area (Å²) in [5.74, 6) is -0.300. The number of rotatable bonds is 6. The number of halogens is 2. The molecule has 2 aromatic carbocycles. The first kappa shape index (κ1) is 20.7. The van der Waals surface area contributed by atoms with E-state index in [4.69, 9.17) is 23.2 Å². The number of nitrogens with one attached hydrogen (secondary N) is 2. The Morgan fingerprint density at radius 2 is 1.79 bits per heavy atom. The lowest BCUT2D eigenvalue weighted by Gasteiger charge is -2.16. The van der Waals surface area contributed by atoms with Gasteiger partial charge in [0.1, 0.15) is 4.21 Å². The van der Waals surface area contributed by atoms with E-state index in [-0.39, 0.29) is 16.2 Å². The predicted octanol–water partition coefficient (Wildman–Crippen LogP) is 5.35. The highest BCUT2D eigenvalue weighted by molar-refractivity contribution is 7.94. The van der Waals surface area contributed by atoms with E-state index < -0.39 is 10.0 Å². The molecule has 9 heteroatoms. The summed E-state index contributed by atoms with van der Waals surface area (Å²) in [6, 6.07) is 14.1. The van der Waals surface area contributed by atoms with Gasteiger partial charge in [-0.3, -0.25) is 9.52 Å². The van der Waals surface area contributed by atoms with Gasteiger partial charge in [-0.25, -0.2) is 8.42 Å². The first-order valence-corrected chi connectivity index (χ1v) is 11.3. The Balaban J connectivity index is 1.68. The monoisotopic (exact) mass is 454 g/mol. The van der Waals surface area contributed by atoms with Crippen LogP contribution in [0.5, 0.6) is 0 Å². The lowest BCUT2D eigenvalue weighted by atomic mass is 10.1. The van der Waals surface area contributed by atoms with Gasteiger partial charge in [0.2, 0.25) is 0 Å². The number of benzene rings is 2. The molecule has 28 heavy (non-hydrogen) atoms. The lowest BCUT2D eigenvalue weighted by Crippen LogP contribution is -2.26. The molecule has 0 aliphatic heterocycles. The molecule has 5 nitrogen and oxygen atoms in total. The van der Waals surface area contributed by atoms with Gasteiger partial charge in [0.25, 0.3) is 15.9 Å². The maximum atomic E-state index is 12.5. The minimum Gasteiger partial charge on any atom is -0.345 e. The molecule has 146 valence electrons. The van der Waals surface area contributed by atoms with Gasteiger partial charge in [-0.2, -0.15) is 0 Å². The Bertz CT molecular complexity index is 1080. The van der Waals surface area contributed by atoms with E-state index in [1.165, 1.54) is 6.07 Å². The van der Waals surface area contributed by atoms with E-state index in [9.17, 15) is 13.2 Å². The molecule has 1 unspecified atom stereocenters. The van der Waals surface area contributed by atoms with Crippen LogP contribution in [0.2, 0.25) is 10.0 Å². The summed E-state index contributed by atoms with van der Waals surface area (Å²) in [6.07, 6.45) is 0. The number of carbonyl (C=O) groups excluding carboxylic acids is 1. The van der Waals surface area contributed by atoms with E-state index in [1.54, 1.807) is 53.9 Å². The number of amides is 1. The van der Waals surface area contributed by atoms with Crippen molar-refractivity contribution in [2.24, 2.45) is 0 Å². The summed E-state index contributed by atoms with van der Waals surface area (Å²) < 4.78 is 27.2. The van der Waals surface area contributed by atoms with Gasteiger partial charge < -0.3 is 5.32 Å². The Morgan fingerprint density at radius 3 is 2.39 bits per heavy atom. The molecule has 1 aromatic heterocycles. The third-order valence-electron chi connectivity index (χ3n) is 3.94. The zero-order valence-corrected chi connectivity index (χ0v) is 17.8. The Morgan fingerprint density at radius 1 is 1.07 bits per heavy atom. The predicted molar refractivity (Wildman–Crippen MR) is 114 cm³/mol. The molecule has 2 N–H and O–H groups in total. The van der Waals surface area contributed by atoms with Crippen LogP contribution < -0.4 is 10.0 Å². The van der Waals surface area contributed by atoms with Gasteiger partial charge in [0, 0.05) is 21.3 Å². The van der Waals surface area contributed by atoms with Gasteiger partial charge in [-0.05, 0) is 60.3 Å². The van der Waals surface area contributed by atoms with E-state index in [1.807, 2.05) is 6.92 Å². The van der Waals surface area contributed by atoms with Crippen LogP contribution in [0.15, 0.2) is 64.2 Å². The molecule has 0 radical (unpaired) electrons. The number of hydrogen-bond donors (Lipinski definition) is 2. The molecular weight excluding hydrogens is 439 g/mol. The molecule has 3 aromatic rings. The van der Waals surface area contributed by atoms with Crippen molar-refractivity contribution >= 4 is 56.2 Å². The third-order valence-corrected chi connectivity index (χ3v) is 7.28. The SMILES string of the molecule is CC(NC(=O)c1ccc(NS(=O)(=O)c2cccs2)cc1)c1ccc(Cl)cc1Cl. The second kappa shape index (κ2) is 8.53. The summed E-state index contributed by atoms with van der Waals surface area (Å²) in [4.78, 5) is 12.5. The van der Waals surface area contributed by atoms with Gasteiger partial charge >= 0.3 is 0 Å². The Hall–Kier alpha value is -2.06. The molecule has 0 spiro atoms. The molecule has 1 atom stereocenters.